The number of para-hydroxylation sites is 1. The molecule has 1 heterocycles. The van der Waals surface area contributed by atoms with Crippen molar-refractivity contribution in [2.45, 2.75) is 13.3 Å². The smallest absolute Gasteiger partial charge is 0.0521 e. The van der Waals surface area contributed by atoms with Gasteiger partial charge >= 0.3 is 0 Å². The zero-order valence-corrected chi connectivity index (χ0v) is 11.9. The van der Waals surface area contributed by atoms with Crippen molar-refractivity contribution in [2.75, 3.05) is 0 Å². The molecule has 0 atom stereocenters. The van der Waals surface area contributed by atoms with Crippen molar-refractivity contribution in [2.24, 2.45) is 7.05 Å². The molecule has 0 aliphatic heterocycles. The maximum Gasteiger partial charge on any atom is 0.0521 e. The minimum absolute atomic E-state index is 1.07. The second kappa shape index (κ2) is 4.11. The first-order valence-electron chi connectivity index (χ1n) is 7.18. The molecule has 0 saturated heterocycles. The minimum atomic E-state index is 1.07. The molecular weight excluding hydrogens is 242 g/mol. The molecule has 0 spiro atoms. The molecule has 3 aromatic carbocycles. The fourth-order valence-electron chi connectivity index (χ4n) is 3.33. The van der Waals surface area contributed by atoms with E-state index >= 15 is 0 Å². The summed E-state index contributed by atoms with van der Waals surface area (Å²) in [7, 11) is 2.18. The standard InChI is InChI=1S/C19H17N/c1-3-13-9-6-10-16-17-11-14-7-4-5-8-15(14)12-18(17)20(2)19(13)16/h4-12H,3H2,1-2H3. The summed E-state index contributed by atoms with van der Waals surface area (Å²) in [4.78, 5) is 0. The van der Waals surface area contributed by atoms with Crippen molar-refractivity contribution in [3.8, 4) is 0 Å². The largest absolute Gasteiger partial charge is 0.343 e. The Labute approximate surface area is 118 Å². The zero-order valence-electron chi connectivity index (χ0n) is 11.9. The fraction of sp³-hybridized carbons (Fsp3) is 0.158. The van der Waals surface area contributed by atoms with Gasteiger partial charge in [0.2, 0.25) is 0 Å². The molecule has 0 unspecified atom stereocenters. The molecule has 98 valence electrons. The molecule has 1 nitrogen and oxygen atoms in total. The summed E-state index contributed by atoms with van der Waals surface area (Å²) in [5.41, 5.74) is 4.12. The first-order chi connectivity index (χ1) is 9.79. The van der Waals surface area contributed by atoms with Gasteiger partial charge in [-0.05, 0) is 34.9 Å². The number of nitrogens with zero attached hydrogens (tertiary/aromatic N) is 1. The van der Waals surface area contributed by atoms with Crippen molar-refractivity contribution in [3.63, 3.8) is 0 Å². The third kappa shape index (κ3) is 1.44. The molecule has 4 rings (SSSR count). The molecule has 1 heteroatoms. The zero-order chi connectivity index (χ0) is 13.7. The fourth-order valence-corrected chi connectivity index (χ4v) is 3.33. The topological polar surface area (TPSA) is 4.93 Å². The molecule has 0 aliphatic carbocycles. The van der Waals surface area contributed by atoms with Gasteiger partial charge in [0, 0.05) is 23.3 Å². The molecule has 0 saturated carbocycles. The second-order valence-corrected chi connectivity index (χ2v) is 5.44. The van der Waals surface area contributed by atoms with E-state index in [2.05, 4.69) is 73.1 Å². The van der Waals surface area contributed by atoms with Crippen LogP contribution in [0.15, 0.2) is 54.6 Å². The lowest BCUT2D eigenvalue weighted by molar-refractivity contribution is 0.995. The van der Waals surface area contributed by atoms with Crippen molar-refractivity contribution < 1.29 is 0 Å². The number of hydrogen-bond acceptors (Lipinski definition) is 0. The van der Waals surface area contributed by atoms with Crippen molar-refractivity contribution in [3.05, 3.63) is 60.2 Å². The SMILES string of the molecule is CCc1cccc2c3cc4ccccc4cc3n(C)c12. The number of fused-ring (bicyclic) bond motifs is 4. The lowest BCUT2D eigenvalue weighted by Crippen LogP contribution is -1.91. The van der Waals surface area contributed by atoms with Crippen LogP contribution in [-0.2, 0) is 13.5 Å². The number of aryl methyl sites for hydroxylation is 2. The van der Waals surface area contributed by atoms with Crippen LogP contribution < -0.4 is 0 Å². The lowest BCUT2D eigenvalue weighted by Gasteiger charge is -2.03. The molecule has 0 N–H and O–H groups in total. The number of benzene rings is 3. The normalized spacial score (nSPS) is 11.7. The van der Waals surface area contributed by atoms with Crippen LogP contribution in [0.25, 0.3) is 32.6 Å². The van der Waals surface area contributed by atoms with Gasteiger partial charge in [0.05, 0.1) is 5.52 Å². The molecule has 0 fully saturated rings. The van der Waals surface area contributed by atoms with Crippen LogP contribution in [0.1, 0.15) is 12.5 Å². The van der Waals surface area contributed by atoms with Crippen LogP contribution >= 0.6 is 0 Å². The van der Waals surface area contributed by atoms with Gasteiger partial charge in [-0.2, -0.15) is 0 Å². The van der Waals surface area contributed by atoms with E-state index in [0.717, 1.165) is 6.42 Å². The van der Waals surface area contributed by atoms with Gasteiger partial charge < -0.3 is 4.57 Å². The quantitative estimate of drug-likeness (QED) is 0.451. The highest BCUT2D eigenvalue weighted by atomic mass is 14.9. The van der Waals surface area contributed by atoms with E-state index in [1.165, 1.54) is 38.1 Å². The Morgan fingerprint density at radius 3 is 2.35 bits per heavy atom. The Morgan fingerprint density at radius 1 is 0.850 bits per heavy atom. The van der Waals surface area contributed by atoms with E-state index in [4.69, 9.17) is 0 Å². The highest BCUT2D eigenvalue weighted by Crippen LogP contribution is 2.33. The van der Waals surface area contributed by atoms with E-state index < -0.39 is 0 Å². The second-order valence-electron chi connectivity index (χ2n) is 5.44. The average molecular weight is 259 g/mol. The van der Waals surface area contributed by atoms with E-state index in [9.17, 15) is 0 Å². The average Bonchev–Trinajstić information content (AvgIpc) is 2.78. The Morgan fingerprint density at radius 2 is 1.60 bits per heavy atom. The third-order valence-corrected chi connectivity index (χ3v) is 4.35. The van der Waals surface area contributed by atoms with Crippen LogP contribution in [0.2, 0.25) is 0 Å². The molecule has 20 heavy (non-hydrogen) atoms. The summed E-state index contributed by atoms with van der Waals surface area (Å²) in [5, 5.41) is 5.35. The Balaban J connectivity index is 2.28. The minimum Gasteiger partial charge on any atom is -0.343 e. The number of aromatic nitrogens is 1. The highest BCUT2D eigenvalue weighted by molar-refractivity contribution is 6.13. The van der Waals surface area contributed by atoms with E-state index in [-0.39, 0.29) is 0 Å². The first kappa shape index (κ1) is 11.5. The van der Waals surface area contributed by atoms with Crippen LogP contribution in [0.3, 0.4) is 0 Å². The van der Waals surface area contributed by atoms with Crippen LogP contribution in [0.4, 0.5) is 0 Å². The summed E-state index contributed by atoms with van der Waals surface area (Å²) in [6, 6.07) is 19.9. The summed E-state index contributed by atoms with van der Waals surface area (Å²) in [6.45, 7) is 2.23. The Hall–Kier alpha value is -2.28. The molecule has 0 radical (unpaired) electrons. The summed E-state index contributed by atoms with van der Waals surface area (Å²) < 4.78 is 2.34. The van der Waals surface area contributed by atoms with Crippen LogP contribution in [-0.4, -0.2) is 4.57 Å². The Bertz CT molecular complexity index is 944. The van der Waals surface area contributed by atoms with Gasteiger partial charge in [-0.25, -0.2) is 0 Å². The van der Waals surface area contributed by atoms with Crippen molar-refractivity contribution in [1.29, 1.82) is 0 Å². The maximum absolute atomic E-state index is 2.34. The lowest BCUT2D eigenvalue weighted by atomic mass is 10.0. The molecule has 0 aliphatic rings. The molecular formula is C19H17N. The molecule has 4 aromatic rings. The number of hydrogen-bond donors (Lipinski definition) is 0. The van der Waals surface area contributed by atoms with Gasteiger partial charge in [-0.3, -0.25) is 0 Å². The number of rotatable bonds is 1. The maximum atomic E-state index is 2.34. The monoisotopic (exact) mass is 259 g/mol. The van der Waals surface area contributed by atoms with Gasteiger partial charge in [0.25, 0.3) is 0 Å². The molecule has 0 amide bonds. The predicted molar refractivity (Wildman–Crippen MR) is 87.3 cm³/mol. The van der Waals surface area contributed by atoms with Gasteiger partial charge in [-0.1, -0.05) is 49.4 Å². The molecule has 0 bridgehead atoms. The van der Waals surface area contributed by atoms with Crippen molar-refractivity contribution >= 4 is 32.6 Å². The summed E-state index contributed by atoms with van der Waals surface area (Å²) in [5.74, 6) is 0. The van der Waals surface area contributed by atoms with E-state index in [0.29, 0.717) is 0 Å². The van der Waals surface area contributed by atoms with E-state index in [1.807, 2.05) is 0 Å². The van der Waals surface area contributed by atoms with E-state index in [1.54, 1.807) is 0 Å². The summed E-state index contributed by atoms with van der Waals surface area (Å²) >= 11 is 0. The van der Waals surface area contributed by atoms with Gasteiger partial charge in [0.15, 0.2) is 0 Å². The first-order valence-corrected chi connectivity index (χ1v) is 7.18. The molecule has 1 aromatic heterocycles. The van der Waals surface area contributed by atoms with Crippen molar-refractivity contribution in [1.82, 2.24) is 4.57 Å². The van der Waals surface area contributed by atoms with Crippen LogP contribution in [0.5, 0.6) is 0 Å². The third-order valence-electron chi connectivity index (χ3n) is 4.35. The van der Waals surface area contributed by atoms with Gasteiger partial charge in [0.1, 0.15) is 0 Å². The summed E-state index contributed by atoms with van der Waals surface area (Å²) in [6.07, 6.45) is 1.07. The Kier molecular flexibility index (Phi) is 2.37. The predicted octanol–water partition coefficient (Wildman–Crippen LogP) is 5.05. The van der Waals surface area contributed by atoms with Crippen LogP contribution in [0, 0.1) is 0 Å². The highest BCUT2D eigenvalue weighted by Gasteiger charge is 2.11. The van der Waals surface area contributed by atoms with Gasteiger partial charge in [-0.15, -0.1) is 0 Å².